The molecule has 1 aliphatic heterocycles. The summed E-state index contributed by atoms with van der Waals surface area (Å²) in [6, 6.07) is 21.2. The molecule has 0 atom stereocenters. The number of hydrogen-bond acceptors (Lipinski definition) is 5. The van der Waals surface area contributed by atoms with Gasteiger partial charge in [-0.25, -0.2) is 4.79 Å². The van der Waals surface area contributed by atoms with Crippen molar-refractivity contribution in [2.24, 2.45) is 0 Å². The van der Waals surface area contributed by atoms with Crippen molar-refractivity contribution in [1.29, 1.82) is 0 Å². The molecule has 3 aromatic carbocycles. The highest BCUT2D eigenvalue weighted by molar-refractivity contribution is 6.21. The molecule has 0 bridgehead atoms. The Labute approximate surface area is 172 Å². The number of rotatable bonds is 4. The molecule has 3 aromatic rings. The van der Waals surface area contributed by atoms with Gasteiger partial charge in [0.15, 0.2) is 0 Å². The number of carbonyl (C=O) groups is 4. The molecular formula is C23H16N2O5. The van der Waals surface area contributed by atoms with Gasteiger partial charge in [0.1, 0.15) is 0 Å². The second-order valence-electron chi connectivity index (χ2n) is 6.61. The van der Waals surface area contributed by atoms with E-state index in [0.717, 1.165) is 0 Å². The molecule has 1 aliphatic rings. The number of hydrogen-bond donors (Lipinski definition) is 0. The zero-order chi connectivity index (χ0) is 21.3. The van der Waals surface area contributed by atoms with Crippen molar-refractivity contribution >= 4 is 29.4 Å². The fourth-order valence-electron chi connectivity index (χ4n) is 3.13. The van der Waals surface area contributed by atoms with Crippen LogP contribution in [-0.2, 0) is 4.84 Å². The molecule has 1 heterocycles. The first kappa shape index (κ1) is 19.1. The Balaban J connectivity index is 1.53. The van der Waals surface area contributed by atoms with Crippen LogP contribution in [0.5, 0.6) is 0 Å². The van der Waals surface area contributed by atoms with Crippen LogP contribution >= 0.6 is 0 Å². The standard InChI is InChI=1S/C23H16N2O5/c1-24(17-10-3-2-4-11-17)20(26)15-8-7-9-16(14-15)23(29)30-25-21(27)18-12-5-6-13-19(18)22(25)28/h2-14H,1H3. The molecule has 3 amide bonds. The third-order valence-corrected chi connectivity index (χ3v) is 4.72. The lowest BCUT2D eigenvalue weighted by molar-refractivity contribution is -0.0584. The van der Waals surface area contributed by atoms with Crippen LogP contribution in [0.1, 0.15) is 41.4 Å². The summed E-state index contributed by atoms with van der Waals surface area (Å²) < 4.78 is 0. The number of benzene rings is 3. The van der Waals surface area contributed by atoms with Crippen LogP contribution in [0.25, 0.3) is 0 Å². The zero-order valence-corrected chi connectivity index (χ0v) is 15.9. The van der Waals surface area contributed by atoms with Gasteiger partial charge in [-0.15, -0.1) is 0 Å². The number of imide groups is 1. The summed E-state index contributed by atoms with van der Waals surface area (Å²) in [6.07, 6.45) is 0. The van der Waals surface area contributed by atoms with E-state index < -0.39 is 17.8 Å². The Morgan fingerprint density at radius 3 is 1.97 bits per heavy atom. The molecule has 4 rings (SSSR count). The van der Waals surface area contributed by atoms with Gasteiger partial charge >= 0.3 is 5.97 Å². The summed E-state index contributed by atoms with van der Waals surface area (Å²) in [7, 11) is 1.63. The second kappa shape index (κ2) is 7.63. The van der Waals surface area contributed by atoms with Crippen molar-refractivity contribution < 1.29 is 24.0 Å². The van der Waals surface area contributed by atoms with E-state index in [2.05, 4.69) is 0 Å². The molecule has 7 heteroatoms. The number of nitrogens with zero attached hydrogens (tertiary/aromatic N) is 2. The van der Waals surface area contributed by atoms with Gasteiger partial charge in [-0.05, 0) is 42.5 Å². The monoisotopic (exact) mass is 400 g/mol. The third kappa shape index (κ3) is 3.33. The molecule has 0 aromatic heterocycles. The number of fused-ring (bicyclic) bond motifs is 1. The quantitative estimate of drug-likeness (QED) is 0.627. The van der Waals surface area contributed by atoms with Crippen molar-refractivity contribution in [2.75, 3.05) is 11.9 Å². The lowest BCUT2D eigenvalue weighted by Crippen LogP contribution is -2.32. The van der Waals surface area contributed by atoms with Gasteiger partial charge in [0.2, 0.25) is 0 Å². The molecule has 0 spiro atoms. The number of hydroxylamine groups is 2. The summed E-state index contributed by atoms with van der Waals surface area (Å²) >= 11 is 0. The molecule has 148 valence electrons. The van der Waals surface area contributed by atoms with Crippen LogP contribution in [0, 0.1) is 0 Å². The third-order valence-electron chi connectivity index (χ3n) is 4.72. The first-order valence-corrected chi connectivity index (χ1v) is 9.10. The van der Waals surface area contributed by atoms with Gasteiger partial charge < -0.3 is 9.74 Å². The Morgan fingerprint density at radius 2 is 1.33 bits per heavy atom. The molecule has 0 saturated carbocycles. The number of amides is 3. The highest BCUT2D eigenvalue weighted by atomic mass is 16.7. The highest BCUT2D eigenvalue weighted by Crippen LogP contribution is 2.23. The molecule has 0 N–H and O–H groups in total. The van der Waals surface area contributed by atoms with Crippen LogP contribution in [-0.4, -0.2) is 35.8 Å². The van der Waals surface area contributed by atoms with Gasteiger partial charge in [0.25, 0.3) is 17.7 Å². The molecule has 0 saturated heterocycles. The van der Waals surface area contributed by atoms with E-state index in [9.17, 15) is 19.2 Å². The summed E-state index contributed by atoms with van der Waals surface area (Å²) in [4.78, 5) is 56.6. The molecule has 0 radical (unpaired) electrons. The minimum atomic E-state index is -0.915. The Hall–Kier alpha value is -4.26. The van der Waals surface area contributed by atoms with E-state index in [1.54, 1.807) is 37.4 Å². The fourth-order valence-corrected chi connectivity index (χ4v) is 3.13. The summed E-state index contributed by atoms with van der Waals surface area (Å²) in [5, 5.41) is 0.442. The topological polar surface area (TPSA) is 84.0 Å². The molecule has 0 aliphatic carbocycles. The van der Waals surface area contributed by atoms with E-state index in [1.165, 1.54) is 35.2 Å². The number of carbonyl (C=O) groups excluding carboxylic acids is 4. The predicted molar refractivity (Wildman–Crippen MR) is 108 cm³/mol. The van der Waals surface area contributed by atoms with E-state index in [4.69, 9.17) is 4.84 Å². The smallest absolute Gasteiger partial charge is 0.324 e. The lowest BCUT2D eigenvalue weighted by Gasteiger charge is -2.18. The summed E-state index contributed by atoms with van der Waals surface area (Å²) in [6.45, 7) is 0. The molecule has 30 heavy (non-hydrogen) atoms. The van der Waals surface area contributed by atoms with E-state index in [0.29, 0.717) is 10.8 Å². The lowest BCUT2D eigenvalue weighted by atomic mass is 10.1. The highest BCUT2D eigenvalue weighted by Gasteiger charge is 2.38. The molecular weight excluding hydrogens is 384 g/mol. The Morgan fingerprint density at radius 1 is 0.767 bits per heavy atom. The Bertz CT molecular complexity index is 1140. The van der Waals surface area contributed by atoms with Crippen molar-refractivity contribution in [3.63, 3.8) is 0 Å². The van der Waals surface area contributed by atoms with Gasteiger partial charge in [0, 0.05) is 18.3 Å². The predicted octanol–water partition coefficient (Wildman–Crippen LogP) is 3.33. The maximum absolute atomic E-state index is 12.8. The number of para-hydroxylation sites is 1. The van der Waals surface area contributed by atoms with Gasteiger partial charge in [0.05, 0.1) is 16.7 Å². The summed E-state index contributed by atoms with van der Waals surface area (Å²) in [5.74, 6) is -2.65. The maximum Gasteiger partial charge on any atom is 0.363 e. The van der Waals surface area contributed by atoms with Crippen LogP contribution in [0.3, 0.4) is 0 Å². The second-order valence-corrected chi connectivity index (χ2v) is 6.61. The minimum Gasteiger partial charge on any atom is -0.324 e. The Kier molecular flexibility index (Phi) is 4.85. The minimum absolute atomic E-state index is 0.0406. The summed E-state index contributed by atoms with van der Waals surface area (Å²) in [5.41, 5.74) is 1.34. The van der Waals surface area contributed by atoms with Crippen molar-refractivity contribution in [3.8, 4) is 0 Å². The molecule has 0 unspecified atom stereocenters. The van der Waals surface area contributed by atoms with E-state index in [1.807, 2.05) is 18.2 Å². The van der Waals surface area contributed by atoms with E-state index in [-0.39, 0.29) is 28.2 Å². The van der Waals surface area contributed by atoms with Crippen LogP contribution in [0.4, 0.5) is 5.69 Å². The molecule has 0 fully saturated rings. The largest absolute Gasteiger partial charge is 0.363 e. The SMILES string of the molecule is CN(C(=O)c1cccc(C(=O)ON2C(=O)c3ccccc3C2=O)c1)c1ccccc1. The van der Waals surface area contributed by atoms with Crippen molar-refractivity contribution in [1.82, 2.24) is 5.06 Å². The number of anilines is 1. The van der Waals surface area contributed by atoms with Gasteiger partial charge in [-0.2, -0.15) is 0 Å². The maximum atomic E-state index is 12.8. The zero-order valence-electron chi connectivity index (χ0n) is 15.9. The van der Waals surface area contributed by atoms with Crippen molar-refractivity contribution in [2.45, 2.75) is 0 Å². The normalized spacial score (nSPS) is 12.5. The average Bonchev–Trinajstić information content (AvgIpc) is 3.03. The first-order chi connectivity index (χ1) is 14.5. The average molecular weight is 400 g/mol. The van der Waals surface area contributed by atoms with Crippen LogP contribution in [0.15, 0.2) is 78.9 Å². The van der Waals surface area contributed by atoms with Crippen molar-refractivity contribution in [3.05, 3.63) is 101 Å². The molecule has 7 nitrogen and oxygen atoms in total. The van der Waals surface area contributed by atoms with E-state index >= 15 is 0 Å². The fraction of sp³-hybridized carbons (Fsp3) is 0.0435. The van der Waals surface area contributed by atoms with Crippen LogP contribution in [0.2, 0.25) is 0 Å². The van der Waals surface area contributed by atoms with Crippen LogP contribution < -0.4 is 4.90 Å². The first-order valence-electron chi connectivity index (χ1n) is 9.10. The van der Waals surface area contributed by atoms with Gasteiger partial charge in [-0.1, -0.05) is 41.5 Å². The van der Waals surface area contributed by atoms with Gasteiger partial charge in [-0.3, -0.25) is 14.4 Å².